The van der Waals surface area contributed by atoms with Gasteiger partial charge in [0.05, 0.1) is 11.4 Å². The van der Waals surface area contributed by atoms with E-state index in [1.165, 1.54) is 18.3 Å². The first-order chi connectivity index (χ1) is 11.0. The zero-order chi connectivity index (χ0) is 16.6. The number of aromatic nitrogens is 2. The Hall–Kier alpha value is -2.96. The molecule has 0 atom stereocenters. The summed E-state index contributed by atoms with van der Waals surface area (Å²) in [7, 11) is 3.80. The molecule has 0 aliphatic carbocycles. The lowest BCUT2D eigenvalue weighted by Gasteiger charge is -2.11. The van der Waals surface area contributed by atoms with E-state index in [9.17, 15) is 13.6 Å². The van der Waals surface area contributed by atoms with Crippen LogP contribution in [-0.2, 0) is 0 Å². The molecule has 3 aromatic rings. The number of benzene rings is 1. The first-order valence-electron chi connectivity index (χ1n) is 6.87. The first-order valence-corrected chi connectivity index (χ1v) is 6.87. The lowest BCUT2D eigenvalue weighted by Crippen LogP contribution is -2.13. The fraction of sp³-hybridized carbons (Fsp3) is 0.125. The number of fused-ring (bicyclic) bond motifs is 1. The molecule has 2 heterocycles. The van der Waals surface area contributed by atoms with Crippen LogP contribution < -0.4 is 10.2 Å². The number of nitrogens with one attached hydrogen (secondary N) is 1. The average molecular weight is 316 g/mol. The Morgan fingerprint density at radius 3 is 2.70 bits per heavy atom. The maximum atomic E-state index is 13.6. The summed E-state index contributed by atoms with van der Waals surface area (Å²) < 4.78 is 28.5. The lowest BCUT2D eigenvalue weighted by atomic mass is 10.3. The molecule has 118 valence electrons. The molecule has 0 spiro atoms. The van der Waals surface area contributed by atoms with Crippen LogP contribution in [0, 0.1) is 11.6 Å². The summed E-state index contributed by atoms with van der Waals surface area (Å²) in [6.07, 6.45) is 3.36. The van der Waals surface area contributed by atoms with Crippen molar-refractivity contribution in [3.63, 3.8) is 0 Å². The zero-order valence-corrected chi connectivity index (χ0v) is 12.5. The van der Waals surface area contributed by atoms with Crippen LogP contribution in [0.15, 0.2) is 42.7 Å². The summed E-state index contributed by atoms with van der Waals surface area (Å²) in [5.74, 6) is -2.72. The molecule has 0 saturated carbocycles. The molecule has 7 heteroatoms. The van der Waals surface area contributed by atoms with Crippen molar-refractivity contribution in [1.82, 2.24) is 9.38 Å². The number of imidazole rings is 1. The molecule has 0 fully saturated rings. The van der Waals surface area contributed by atoms with E-state index in [0.717, 1.165) is 11.8 Å². The normalized spacial score (nSPS) is 10.8. The molecule has 0 aliphatic rings. The number of amides is 1. The van der Waals surface area contributed by atoms with Crippen LogP contribution in [0.1, 0.15) is 10.5 Å². The second-order valence-corrected chi connectivity index (χ2v) is 5.23. The summed E-state index contributed by atoms with van der Waals surface area (Å²) in [5, 5.41) is 2.33. The molecular formula is C16H14F2N4O. The minimum Gasteiger partial charge on any atom is -0.376 e. The van der Waals surface area contributed by atoms with Gasteiger partial charge in [-0.2, -0.15) is 0 Å². The van der Waals surface area contributed by atoms with E-state index in [0.29, 0.717) is 5.65 Å². The SMILES string of the molecule is CN(C)c1ccc2nc(C(=O)Nc3cccc(F)c3F)cn2c1. The molecule has 3 rings (SSSR count). The highest BCUT2D eigenvalue weighted by atomic mass is 19.2. The van der Waals surface area contributed by atoms with Crippen LogP contribution in [0.3, 0.4) is 0 Å². The summed E-state index contributed by atoms with van der Waals surface area (Å²) in [4.78, 5) is 18.3. The molecule has 1 aromatic carbocycles. The Morgan fingerprint density at radius 2 is 1.96 bits per heavy atom. The number of hydrogen-bond donors (Lipinski definition) is 1. The zero-order valence-electron chi connectivity index (χ0n) is 12.5. The van der Waals surface area contributed by atoms with Crippen LogP contribution >= 0.6 is 0 Å². The van der Waals surface area contributed by atoms with Gasteiger partial charge in [-0.15, -0.1) is 0 Å². The number of nitrogens with zero attached hydrogens (tertiary/aromatic N) is 3. The molecule has 1 amide bonds. The summed E-state index contributed by atoms with van der Waals surface area (Å²) in [6.45, 7) is 0. The van der Waals surface area contributed by atoms with Gasteiger partial charge in [0.2, 0.25) is 0 Å². The molecule has 0 unspecified atom stereocenters. The van der Waals surface area contributed by atoms with E-state index in [1.54, 1.807) is 10.5 Å². The first kappa shape index (κ1) is 15.0. The second kappa shape index (κ2) is 5.68. The van der Waals surface area contributed by atoms with Crippen LogP contribution in [0.2, 0.25) is 0 Å². The highest BCUT2D eigenvalue weighted by Crippen LogP contribution is 2.18. The van der Waals surface area contributed by atoms with Gasteiger partial charge >= 0.3 is 0 Å². The molecule has 0 radical (unpaired) electrons. The number of carbonyl (C=O) groups is 1. The van der Waals surface area contributed by atoms with Crippen LogP contribution in [0.25, 0.3) is 5.65 Å². The Labute approximate surface area is 131 Å². The summed E-state index contributed by atoms with van der Waals surface area (Å²) in [5.41, 5.74) is 1.42. The molecule has 5 nitrogen and oxygen atoms in total. The Bertz CT molecular complexity index is 889. The average Bonchev–Trinajstić information content (AvgIpc) is 2.95. The highest BCUT2D eigenvalue weighted by molar-refractivity contribution is 6.03. The molecule has 23 heavy (non-hydrogen) atoms. The van der Waals surface area contributed by atoms with Gasteiger partial charge < -0.3 is 14.6 Å². The van der Waals surface area contributed by atoms with Crippen LogP contribution in [0.4, 0.5) is 20.2 Å². The van der Waals surface area contributed by atoms with Gasteiger partial charge in [0.1, 0.15) is 11.3 Å². The van der Waals surface area contributed by atoms with Crippen molar-refractivity contribution in [1.29, 1.82) is 0 Å². The Balaban J connectivity index is 1.90. The van der Waals surface area contributed by atoms with Gasteiger partial charge in [0.15, 0.2) is 11.6 Å². The van der Waals surface area contributed by atoms with Gasteiger partial charge in [0, 0.05) is 26.5 Å². The van der Waals surface area contributed by atoms with Crippen molar-refractivity contribution in [3.05, 3.63) is 60.1 Å². The molecular weight excluding hydrogens is 302 g/mol. The number of anilines is 2. The maximum Gasteiger partial charge on any atom is 0.275 e. The smallest absolute Gasteiger partial charge is 0.275 e. The third-order valence-electron chi connectivity index (χ3n) is 3.38. The minimum absolute atomic E-state index is 0.115. The van der Waals surface area contributed by atoms with E-state index in [-0.39, 0.29) is 11.4 Å². The second-order valence-electron chi connectivity index (χ2n) is 5.23. The largest absolute Gasteiger partial charge is 0.376 e. The maximum absolute atomic E-state index is 13.6. The van der Waals surface area contributed by atoms with Crippen molar-refractivity contribution in [2.75, 3.05) is 24.3 Å². The Kier molecular flexibility index (Phi) is 3.69. The minimum atomic E-state index is -1.10. The highest BCUT2D eigenvalue weighted by Gasteiger charge is 2.15. The van der Waals surface area contributed by atoms with Gasteiger partial charge in [-0.1, -0.05) is 6.07 Å². The van der Waals surface area contributed by atoms with Crippen molar-refractivity contribution in [3.8, 4) is 0 Å². The third-order valence-corrected chi connectivity index (χ3v) is 3.38. The Morgan fingerprint density at radius 1 is 1.17 bits per heavy atom. The fourth-order valence-corrected chi connectivity index (χ4v) is 2.14. The number of halogens is 2. The summed E-state index contributed by atoms with van der Waals surface area (Å²) in [6, 6.07) is 7.24. The predicted octanol–water partition coefficient (Wildman–Crippen LogP) is 2.93. The number of pyridine rings is 1. The third kappa shape index (κ3) is 2.85. The molecule has 1 N–H and O–H groups in total. The van der Waals surface area contributed by atoms with E-state index >= 15 is 0 Å². The number of hydrogen-bond acceptors (Lipinski definition) is 3. The van der Waals surface area contributed by atoms with Crippen LogP contribution in [0.5, 0.6) is 0 Å². The van der Waals surface area contributed by atoms with Crippen molar-refractivity contribution >= 4 is 22.9 Å². The topological polar surface area (TPSA) is 49.6 Å². The molecule has 0 aliphatic heterocycles. The van der Waals surface area contributed by atoms with E-state index in [2.05, 4.69) is 10.3 Å². The van der Waals surface area contributed by atoms with Gasteiger partial charge in [-0.3, -0.25) is 4.79 Å². The quantitative estimate of drug-likeness (QED) is 0.808. The van der Waals surface area contributed by atoms with Gasteiger partial charge in [0.25, 0.3) is 5.91 Å². The number of rotatable bonds is 3. The van der Waals surface area contributed by atoms with E-state index in [4.69, 9.17) is 0 Å². The van der Waals surface area contributed by atoms with Crippen molar-refractivity contribution < 1.29 is 13.6 Å². The van der Waals surface area contributed by atoms with Crippen molar-refractivity contribution in [2.45, 2.75) is 0 Å². The van der Waals surface area contributed by atoms with Crippen LogP contribution in [-0.4, -0.2) is 29.4 Å². The van der Waals surface area contributed by atoms with Gasteiger partial charge in [-0.25, -0.2) is 13.8 Å². The van der Waals surface area contributed by atoms with E-state index in [1.807, 2.05) is 31.3 Å². The van der Waals surface area contributed by atoms with Crippen molar-refractivity contribution in [2.24, 2.45) is 0 Å². The lowest BCUT2D eigenvalue weighted by molar-refractivity contribution is 0.102. The number of carbonyl (C=O) groups excluding carboxylic acids is 1. The monoisotopic (exact) mass is 316 g/mol. The molecule has 0 saturated heterocycles. The predicted molar refractivity (Wildman–Crippen MR) is 83.8 cm³/mol. The standard InChI is InChI=1S/C16H14F2N4O/c1-21(2)10-6-7-14-19-13(9-22(14)8-10)16(23)20-12-5-3-4-11(17)15(12)18/h3-9H,1-2H3,(H,20,23). The molecule has 0 bridgehead atoms. The summed E-state index contributed by atoms with van der Waals surface area (Å²) >= 11 is 0. The molecule has 2 aromatic heterocycles. The fourth-order valence-electron chi connectivity index (χ4n) is 2.14. The van der Waals surface area contributed by atoms with E-state index < -0.39 is 17.5 Å². The van der Waals surface area contributed by atoms with Gasteiger partial charge in [-0.05, 0) is 24.3 Å².